The Balaban J connectivity index is 3.86. The quantitative estimate of drug-likeness (QED) is 0.476. The van der Waals surface area contributed by atoms with Crippen LogP contribution in [0.1, 0.15) is 33.6 Å². The number of alkyl halides is 1. The molecule has 0 saturated heterocycles. The fraction of sp³-hybridized carbons (Fsp3) is 0.889. The van der Waals surface area contributed by atoms with E-state index in [1.54, 1.807) is 0 Å². The summed E-state index contributed by atoms with van der Waals surface area (Å²) in [4.78, 5) is 10.6. The number of hydrogen-bond acceptors (Lipinski definition) is 1. The fourth-order valence-electron chi connectivity index (χ4n) is 1.00. The highest BCUT2D eigenvalue weighted by Crippen LogP contribution is 2.27. The summed E-state index contributed by atoms with van der Waals surface area (Å²) in [7, 11) is 0. The number of carbonyl (C=O) groups excluding carboxylic acids is 1. The first kappa shape index (κ1) is 11.0. The third kappa shape index (κ3) is 4.41. The minimum atomic E-state index is 0.0911. The highest BCUT2D eigenvalue weighted by atomic mass is 35.5. The molecule has 0 N–H and O–H groups in total. The molecule has 1 atom stereocenters. The lowest BCUT2D eigenvalue weighted by Gasteiger charge is -2.25. The second-order valence-corrected chi connectivity index (χ2v) is 4.32. The molecule has 0 radical (unpaired) electrons. The first-order chi connectivity index (χ1) is 5.02. The maximum atomic E-state index is 10.6. The zero-order chi connectivity index (χ0) is 8.91. The third-order valence-corrected chi connectivity index (χ3v) is 2.19. The van der Waals surface area contributed by atoms with Crippen LogP contribution in [0.25, 0.3) is 0 Å². The molecule has 0 saturated carbocycles. The van der Waals surface area contributed by atoms with Gasteiger partial charge in [0, 0.05) is 11.8 Å². The van der Waals surface area contributed by atoms with Crippen LogP contribution in [0.4, 0.5) is 0 Å². The van der Waals surface area contributed by atoms with Gasteiger partial charge in [0.25, 0.3) is 0 Å². The van der Waals surface area contributed by atoms with Crippen LogP contribution in [-0.4, -0.2) is 12.2 Å². The maximum absolute atomic E-state index is 10.6. The summed E-state index contributed by atoms with van der Waals surface area (Å²) >= 11 is 5.54. The average molecular weight is 177 g/mol. The predicted molar refractivity (Wildman–Crippen MR) is 49.0 cm³/mol. The minimum absolute atomic E-state index is 0.0911. The van der Waals surface area contributed by atoms with Crippen molar-refractivity contribution in [3.8, 4) is 0 Å². The third-order valence-electron chi connectivity index (χ3n) is 1.93. The summed E-state index contributed by atoms with van der Waals surface area (Å²) in [6.07, 6.45) is 2.89. The Labute approximate surface area is 74.1 Å². The van der Waals surface area contributed by atoms with Gasteiger partial charge in [0.05, 0.1) is 0 Å². The van der Waals surface area contributed by atoms with Gasteiger partial charge in [-0.05, 0) is 18.3 Å². The zero-order valence-corrected chi connectivity index (χ0v) is 8.32. The summed E-state index contributed by atoms with van der Waals surface area (Å²) < 4.78 is 0. The van der Waals surface area contributed by atoms with E-state index in [-0.39, 0.29) is 11.3 Å². The molecule has 0 aliphatic carbocycles. The molecule has 1 nitrogen and oxygen atoms in total. The molecular weight excluding hydrogens is 160 g/mol. The van der Waals surface area contributed by atoms with Crippen molar-refractivity contribution in [2.24, 2.45) is 11.3 Å². The van der Waals surface area contributed by atoms with Gasteiger partial charge in [0.2, 0.25) is 0 Å². The Morgan fingerprint density at radius 1 is 1.45 bits per heavy atom. The Bertz CT molecular complexity index is 115. The number of halogens is 1. The molecule has 0 aromatic rings. The van der Waals surface area contributed by atoms with Crippen LogP contribution in [0.3, 0.4) is 0 Å². The minimum Gasteiger partial charge on any atom is -0.303 e. The van der Waals surface area contributed by atoms with Gasteiger partial charge >= 0.3 is 0 Å². The van der Waals surface area contributed by atoms with E-state index in [9.17, 15) is 4.79 Å². The molecule has 0 heterocycles. The lowest BCUT2D eigenvalue weighted by atomic mass is 9.79. The van der Waals surface area contributed by atoms with E-state index in [1.807, 2.05) is 0 Å². The van der Waals surface area contributed by atoms with Crippen molar-refractivity contribution in [3.05, 3.63) is 0 Å². The van der Waals surface area contributed by atoms with Crippen molar-refractivity contribution in [1.29, 1.82) is 0 Å². The van der Waals surface area contributed by atoms with Gasteiger partial charge in [-0.25, -0.2) is 0 Å². The van der Waals surface area contributed by atoms with Crippen molar-refractivity contribution < 1.29 is 4.79 Å². The van der Waals surface area contributed by atoms with Gasteiger partial charge in [0.15, 0.2) is 0 Å². The smallest absolute Gasteiger partial charge is 0.123 e. The normalized spacial score (nSPS) is 14.5. The first-order valence-electron chi connectivity index (χ1n) is 4.03. The van der Waals surface area contributed by atoms with E-state index >= 15 is 0 Å². The van der Waals surface area contributed by atoms with E-state index in [0.717, 1.165) is 19.1 Å². The van der Waals surface area contributed by atoms with Crippen molar-refractivity contribution >= 4 is 17.9 Å². The van der Waals surface area contributed by atoms with Gasteiger partial charge in [-0.1, -0.05) is 20.8 Å². The SMILES string of the molecule is CC(C)(C)C(C=O)CCCCl. The summed E-state index contributed by atoms with van der Waals surface area (Å²) in [5.74, 6) is 0.807. The molecule has 2 heteroatoms. The Morgan fingerprint density at radius 3 is 2.27 bits per heavy atom. The standard InChI is InChI=1S/C9H17ClO/c1-9(2,3)8(7-11)5-4-6-10/h7-8H,4-6H2,1-3H3. The van der Waals surface area contributed by atoms with Crippen molar-refractivity contribution in [2.45, 2.75) is 33.6 Å². The molecule has 0 amide bonds. The Kier molecular flexibility index (Phi) is 4.74. The maximum Gasteiger partial charge on any atom is 0.123 e. The topological polar surface area (TPSA) is 17.1 Å². The highest BCUT2D eigenvalue weighted by Gasteiger charge is 2.22. The fourth-order valence-corrected chi connectivity index (χ4v) is 1.16. The number of rotatable bonds is 4. The van der Waals surface area contributed by atoms with Crippen molar-refractivity contribution in [3.63, 3.8) is 0 Å². The molecule has 0 rings (SSSR count). The van der Waals surface area contributed by atoms with Crippen LogP contribution in [0.2, 0.25) is 0 Å². The summed E-state index contributed by atoms with van der Waals surface area (Å²) in [6, 6.07) is 0. The van der Waals surface area contributed by atoms with E-state index in [2.05, 4.69) is 20.8 Å². The molecule has 0 spiro atoms. The van der Waals surface area contributed by atoms with Crippen LogP contribution in [0.5, 0.6) is 0 Å². The van der Waals surface area contributed by atoms with Gasteiger partial charge in [-0.2, -0.15) is 0 Å². The highest BCUT2D eigenvalue weighted by molar-refractivity contribution is 6.17. The molecule has 0 fully saturated rings. The molecule has 0 aromatic heterocycles. The van der Waals surface area contributed by atoms with E-state index in [4.69, 9.17) is 11.6 Å². The van der Waals surface area contributed by atoms with Crippen LogP contribution < -0.4 is 0 Å². The predicted octanol–water partition coefficient (Wildman–Crippen LogP) is 2.87. The molecule has 11 heavy (non-hydrogen) atoms. The number of carbonyl (C=O) groups is 1. The first-order valence-corrected chi connectivity index (χ1v) is 4.57. The molecule has 0 aliphatic heterocycles. The number of aldehydes is 1. The Hall–Kier alpha value is -0.0400. The van der Waals surface area contributed by atoms with E-state index in [1.165, 1.54) is 0 Å². The van der Waals surface area contributed by atoms with E-state index in [0.29, 0.717) is 5.88 Å². The van der Waals surface area contributed by atoms with Crippen LogP contribution in [0, 0.1) is 11.3 Å². The van der Waals surface area contributed by atoms with Gasteiger partial charge < -0.3 is 4.79 Å². The van der Waals surface area contributed by atoms with Crippen LogP contribution in [-0.2, 0) is 4.79 Å². The van der Waals surface area contributed by atoms with Crippen LogP contribution >= 0.6 is 11.6 Å². The molecule has 66 valence electrons. The molecule has 1 unspecified atom stereocenters. The van der Waals surface area contributed by atoms with Gasteiger partial charge in [-0.3, -0.25) is 0 Å². The molecule has 0 aliphatic rings. The van der Waals surface area contributed by atoms with Crippen molar-refractivity contribution in [2.75, 3.05) is 5.88 Å². The summed E-state index contributed by atoms with van der Waals surface area (Å²) in [6.45, 7) is 6.25. The van der Waals surface area contributed by atoms with Crippen LogP contribution in [0.15, 0.2) is 0 Å². The van der Waals surface area contributed by atoms with E-state index < -0.39 is 0 Å². The van der Waals surface area contributed by atoms with Gasteiger partial charge in [0.1, 0.15) is 6.29 Å². The van der Waals surface area contributed by atoms with Gasteiger partial charge in [-0.15, -0.1) is 11.6 Å². The lowest BCUT2D eigenvalue weighted by Crippen LogP contribution is -2.21. The Morgan fingerprint density at radius 2 is 2.00 bits per heavy atom. The summed E-state index contributed by atoms with van der Waals surface area (Å²) in [5.41, 5.74) is 0.0911. The number of hydrogen-bond donors (Lipinski definition) is 0. The molecular formula is C9H17ClO. The molecule has 0 aromatic carbocycles. The second kappa shape index (κ2) is 4.76. The van der Waals surface area contributed by atoms with Crippen molar-refractivity contribution in [1.82, 2.24) is 0 Å². The summed E-state index contributed by atoms with van der Waals surface area (Å²) in [5, 5.41) is 0. The largest absolute Gasteiger partial charge is 0.303 e. The lowest BCUT2D eigenvalue weighted by molar-refractivity contribution is -0.114. The second-order valence-electron chi connectivity index (χ2n) is 3.94. The zero-order valence-electron chi connectivity index (χ0n) is 7.56. The monoisotopic (exact) mass is 176 g/mol. The molecule has 0 bridgehead atoms. The average Bonchev–Trinajstić information content (AvgIpc) is 1.87.